The minimum absolute atomic E-state index is 0.0226. The van der Waals surface area contributed by atoms with Crippen molar-refractivity contribution in [3.63, 3.8) is 0 Å². The highest BCUT2D eigenvalue weighted by molar-refractivity contribution is 5.92. The van der Waals surface area contributed by atoms with Crippen molar-refractivity contribution < 1.29 is 4.79 Å². The van der Waals surface area contributed by atoms with Gasteiger partial charge in [0.15, 0.2) is 0 Å². The van der Waals surface area contributed by atoms with E-state index < -0.39 is 0 Å². The third kappa shape index (κ3) is 7.62. The molecule has 1 rings (SSSR count). The highest BCUT2D eigenvalue weighted by Crippen LogP contribution is 2.09. The summed E-state index contributed by atoms with van der Waals surface area (Å²) in [5, 5.41) is 6.07. The van der Waals surface area contributed by atoms with E-state index in [1.165, 1.54) is 12.8 Å². The average molecular weight is 262 g/mol. The van der Waals surface area contributed by atoms with Crippen molar-refractivity contribution in [2.45, 2.75) is 40.0 Å². The molecule has 0 aliphatic heterocycles. The summed E-state index contributed by atoms with van der Waals surface area (Å²) in [7, 11) is 0. The first-order valence-corrected chi connectivity index (χ1v) is 7.15. The molecular weight excluding hydrogens is 236 g/mol. The molecule has 0 fully saturated rings. The molecule has 1 aromatic rings. The zero-order valence-electron chi connectivity index (χ0n) is 12.3. The van der Waals surface area contributed by atoms with Crippen LogP contribution in [-0.2, 0) is 4.79 Å². The van der Waals surface area contributed by atoms with Gasteiger partial charge in [0.25, 0.3) is 0 Å². The lowest BCUT2D eigenvalue weighted by Crippen LogP contribution is -2.28. The number of amides is 1. The highest BCUT2D eigenvalue weighted by Gasteiger charge is 2.01. The zero-order chi connectivity index (χ0) is 14.1. The van der Waals surface area contributed by atoms with Gasteiger partial charge in [-0.25, -0.2) is 0 Å². The van der Waals surface area contributed by atoms with Crippen LogP contribution in [0.25, 0.3) is 0 Å². The highest BCUT2D eigenvalue weighted by atomic mass is 16.1. The average Bonchev–Trinajstić information content (AvgIpc) is 2.33. The molecule has 0 saturated heterocycles. The summed E-state index contributed by atoms with van der Waals surface area (Å²) in [6.07, 6.45) is 3.62. The summed E-state index contributed by atoms with van der Waals surface area (Å²) >= 11 is 0. The van der Waals surface area contributed by atoms with Crippen molar-refractivity contribution in [1.29, 1.82) is 0 Å². The van der Waals surface area contributed by atoms with E-state index >= 15 is 0 Å². The molecule has 0 spiro atoms. The van der Waals surface area contributed by atoms with Gasteiger partial charge in [0, 0.05) is 5.69 Å². The van der Waals surface area contributed by atoms with E-state index in [0.29, 0.717) is 6.54 Å². The van der Waals surface area contributed by atoms with Crippen molar-refractivity contribution in [1.82, 2.24) is 5.32 Å². The molecule has 0 saturated carbocycles. The van der Waals surface area contributed by atoms with Crippen LogP contribution in [0.15, 0.2) is 24.3 Å². The van der Waals surface area contributed by atoms with Gasteiger partial charge in [-0.15, -0.1) is 0 Å². The van der Waals surface area contributed by atoms with E-state index in [1.807, 2.05) is 31.2 Å². The molecule has 3 nitrogen and oxygen atoms in total. The SMILES string of the molecule is Cc1cccc(NC(=O)CNCCCCC(C)C)c1. The van der Waals surface area contributed by atoms with Crippen molar-refractivity contribution in [2.75, 3.05) is 18.4 Å². The Morgan fingerprint density at radius 1 is 1.26 bits per heavy atom. The number of rotatable bonds is 8. The molecule has 0 atom stereocenters. The molecular formula is C16H26N2O. The monoisotopic (exact) mass is 262 g/mol. The second-order valence-corrected chi connectivity index (χ2v) is 5.48. The fraction of sp³-hybridized carbons (Fsp3) is 0.562. The Morgan fingerprint density at radius 2 is 2.05 bits per heavy atom. The Labute approximate surface area is 116 Å². The first-order valence-electron chi connectivity index (χ1n) is 7.15. The lowest BCUT2D eigenvalue weighted by atomic mass is 10.1. The van der Waals surface area contributed by atoms with Gasteiger partial charge >= 0.3 is 0 Å². The summed E-state index contributed by atoms with van der Waals surface area (Å²) in [5.41, 5.74) is 2.02. The van der Waals surface area contributed by atoms with Crippen molar-refractivity contribution in [3.8, 4) is 0 Å². The Kier molecular flexibility index (Phi) is 7.19. The van der Waals surface area contributed by atoms with E-state index in [2.05, 4.69) is 24.5 Å². The van der Waals surface area contributed by atoms with Crippen LogP contribution in [0.5, 0.6) is 0 Å². The van der Waals surface area contributed by atoms with Gasteiger partial charge < -0.3 is 10.6 Å². The summed E-state index contributed by atoms with van der Waals surface area (Å²) in [6, 6.07) is 7.85. The summed E-state index contributed by atoms with van der Waals surface area (Å²) in [5.74, 6) is 0.791. The maximum atomic E-state index is 11.7. The van der Waals surface area contributed by atoms with E-state index in [9.17, 15) is 4.79 Å². The molecule has 0 aliphatic carbocycles. The number of nitrogens with one attached hydrogen (secondary N) is 2. The van der Waals surface area contributed by atoms with Crippen LogP contribution in [-0.4, -0.2) is 19.0 Å². The number of unbranched alkanes of at least 4 members (excludes halogenated alkanes) is 1. The number of hydrogen-bond acceptors (Lipinski definition) is 2. The largest absolute Gasteiger partial charge is 0.325 e. The topological polar surface area (TPSA) is 41.1 Å². The van der Waals surface area contributed by atoms with Crippen molar-refractivity contribution in [3.05, 3.63) is 29.8 Å². The number of anilines is 1. The van der Waals surface area contributed by atoms with Gasteiger partial charge in [0.05, 0.1) is 6.54 Å². The zero-order valence-corrected chi connectivity index (χ0v) is 12.3. The van der Waals surface area contributed by atoms with E-state index in [1.54, 1.807) is 0 Å². The Morgan fingerprint density at radius 3 is 2.74 bits per heavy atom. The normalized spacial score (nSPS) is 10.7. The first-order chi connectivity index (χ1) is 9.08. The second kappa shape index (κ2) is 8.70. The lowest BCUT2D eigenvalue weighted by molar-refractivity contribution is -0.115. The quantitative estimate of drug-likeness (QED) is 0.705. The van der Waals surface area contributed by atoms with Gasteiger partial charge in [-0.1, -0.05) is 38.8 Å². The predicted molar refractivity (Wildman–Crippen MR) is 81.4 cm³/mol. The minimum Gasteiger partial charge on any atom is -0.325 e. The maximum Gasteiger partial charge on any atom is 0.238 e. The van der Waals surface area contributed by atoms with Gasteiger partial charge in [0.1, 0.15) is 0 Å². The van der Waals surface area contributed by atoms with Crippen molar-refractivity contribution >= 4 is 11.6 Å². The second-order valence-electron chi connectivity index (χ2n) is 5.48. The Hall–Kier alpha value is -1.35. The van der Waals surface area contributed by atoms with Crippen LogP contribution >= 0.6 is 0 Å². The summed E-state index contributed by atoms with van der Waals surface area (Å²) in [4.78, 5) is 11.7. The van der Waals surface area contributed by atoms with Crippen LogP contribution in [0.3, 0.4) is 0 Å². The minimum atomic E-state index is 0.0226. The predicted octanol–water partition coefficient (Wildman–Crippen LogP) is 3.35. The van der Waals surface area contributed by atoms with Gasteiger partial charge in [-0.3, -0.25) is 4.79 Å². The Bertz CT molecular complexity index is 388. The van der Waals surface area contributed by atoms with E-state index in [-0.39, 0.29) is 5.91 Å². The fourth-order valence-corrected chi connectivity index (χ4v) is 1.93. The number of carbonyl (C=O) groups is 1. The van der Waals surface area contributed by atoms with Crippen LogP contribution in [0.1, 0.15) is 38.7 Å². The molecule has 1 aromatic carbocycles. The standard InChI is InChI=1S/C16H26N2O/c1-13(2)7-4-5-10-17-12-16(19)18-15-9-6-8-14(3)11-15/h6,8-9,11,13,17H,4-5,7,10,12H2,1-3H3,(H,18,19). The van der Waals surface area contributed by atoms with E-state index in [4.69, 9.17) is 0 Å². The first kappa shape index (κ1) is 15.7. The maximum absolute atomic E-state index is 11.7. The molecule has 0 heterocycles. The molecule has 0 radical (unpaired) electrons. The molecule has 0 unspecified atom stereocenters. The van der Waals surface area contributed by atoms with Crippen LogP contribution in [0, 0.1) is 12.8 Å². The third-order valence-electron chi connectivity index (χ3n) is 2.97. The molecule has 19 heavy (non-hydrogen) atoms. The van der Waals surface area contributed by atoms with Gasteiger partial charge in [-0.2, -0.15) is 0 Å². The molecule has 2 N–H and O–H groups in total. The fourth-order valence-electron chi connectivity index (χ4n) is 1.93. The molecule has 0 aromatic heterocycles. The number of carbonyl (C=O) groups excluding carboxylic acids is 1. The summed E-state index contributed by atoms with van der Waals surface area (Å²) < 4.78 is 0. The molecule has 3 heteroatoms. The molecule has 0 aliphatic rings. The molecule has 0 bridgehead atoms. The van der Waals surface area contributed by atoms with Crippen LogP contribution < -0.4 is 10.6 Å². The number of aryl methyl sites for hydroxylation is 1. The Balaban J connectivity index is 2.11. The van der Waals surface area contributed by atoms with Crippen molar-refractivity contribution in [2.24, 2.45) is 5.92 Å². The smallest absolute Gasteiger partial charge is 0.238 e. The van der Waals surface area contributed by atoms with Crippen LogP contribution in [0.4, 0.5) is 5.69 Å². The lowest BCUT2D eigenvalue weighted by Gasteiger charge is -2.08. The number of hydrogen-bond donors (Lipinski definition) is 2. The summed E-state index contributed by atoms with van der Waals surface area (Å²) in [6.45, 7) is 7.79. The molecule has 106 valence electrons. The molecule has 1 amide bonds. The van der Waals surface area contributed by atoms with Crippen LogP contribution in [0.2, 0.25) is 0 Å². The van der Waals surface area contributed by atoms with Gasteiger partial charge in [-0.05, 0) is 43.5 Å². The third-order valence-corrected chi connectivity index (χ3v) is 2.97. The van der Waals surface area contributed by atoms with E-state index in [0.717, 1.165) is 30.1 Å². The number of benzene rings is 1. The van der Waals surface area contributed by atoms with Gasteiger partial charge in [0.2, 0.25) is 5.91 Å².